The van der Waals surface area contributed by atoms with Crippen LogP contribution in [0.3, 0.4) is 0 Å². The predicted molar refractivity (Wildman–Crippen MR) is 68.5 cm³/mol. The van der Waals surface area contributed by atoms with Crippen LogP contribution in [0.2, 0.25) is 0 Å². The summed E-state index contributed by atoms with van der Waals surface area (Å²) in [4.78, 5) is 8.46. The van der Waals surface area contributed by atoms with E-state index in [1.165, 1.54) is 0 Å². The van der Waals surface area contributed by atoms with Crippen molar-refractivity contribution in [3.05, 3.63) is 30.7 Å². The van der Waals surface area contributed by atoms with Crippen molar-refractivity contribution in [2.24, 2.45) is 0 Å². The number of nitrogens with one attached hydrogen (secondary N) is 1. The van der Waals surface area contributed by atoms with Crippen molar-refractivity contribution in [1.29, 1.82) is 0 Å². The Kier molecular flexibility index (Phi) is 3.37. The molecule has 1 aliphatic carbocycles. The molecule has 3 rings (SSSR count). The number of aliphatic hydroxyl groups excluding tert-OH is 1. The summed E-state index contributed by atoms with van der Waals surface area (Å²) < 4.78 is 1.90. The van der Waals surface area contributed by atoms with E-state index >= 15 is 0 Å². The largest absolute Gasteiger partial charge is 0.393 e. The van der Waals surface area contributed by atoms with Gasteiger partial charge in [0.25, 0.3) is 0 Å². The zero-order valence-corrected chi connectivity index (χ0v) is 10.5. The first kappa shape index (κ1) is 12.0. The summed E-state index contributed by atoms with van der Waals surface area (Å²) in [5, 5.41) is 20.1. The van der Waals surface area contributed by atoms with Crippen molar-refractivity contribution < 1.29 is 5.11 Å². The smallest absolute Gasteiger partial charge is 0.129 e. The van der Waals surface area contributed by atoms with Gasteiger partial charge >= 0.3 is 0 Å². The molecule has 0 saturated heterocycles. The lowest BCUT2D eigenvalue weighted by molar-refractivity contribution is 0.0732. The molecule has 2 aromatic heterocycles. The quantitative estimate of drug-likeness (QED) is 0.810. The average molecular weight is 260 g/mol. The fourth-order valence-corrected chi connectivity index (χ4v) is 2.17. The average Bonchev–Trinajstić information content (AvgIpc) is 2.89. The minimum Gasteiger partial charge on any atom is -0.393 e. The number of anilines is 1. The van der Waals surface area contributed by atoms with Gasteiger partial charge < -0.3 is 15.0 Å². The van der Waals surface area contributed by atoms with Gasteiger partial charge in [-0.2, -0.15) is 0 Å². The summed E-state index contributed by atoms with van der Waals surface area (Å²) in [6.45, 7) is 1.54. The highest BCUT2D eigenvalue weighted by Gasteiger charge is 2.29. The van der Waals surface area contributed by atoms with Gasteiger partial charge in [-0.3, -0.25) is 0 Å². The molecule has 0 bridgehead atoms. The minimum atomic E-state index is -0.162. The molecular weight excluding hydrogens is 244 g/mol. The predicted octanol–water partition coefficient (Wildman–Crippen LogP) is 0.418. The van der Waals surface area contributed by atoms with Gasteiger partial charge in [0.1, 0.15) is 24.8 Å². The van der Waals surface area contributed by atoms with Crippen LogP contribution in [0.5, 0.6) is 0 Å². The standard InChI is InChI=1S/C12H16N6O/c19-10-3-9(4-10)11-5-12(15-6-14-11)13-1-2-18-7-16-17-8-18/h5-10,19H,1-4H2,(H,13,14,15). The van der Waals surface area contributed by atoms with Crippen molar-refractivity contribution in [1.82, 2.24) is 24.7 Å². The second kappa shape index (κ2) is 5.31. The molecule has 7 heteroatoms. The van der Waals surface area contributed by atoms with E-state index in [4.69, 9.17) is 0 Å². The highest BCUT2D eigenvalue weighted by atomic mass is 16.3. The molecule has 0 amide bonds. The Morgan fingerprint density at radius 3 is 2.79 bits per heavy atom. The molecule has 100 valence electrons. The molecule has 7 nitrogen and oxygen atoms in total. The van der Waals surface area contributed by atoms with E-state index in [1.807, 2.05) is 10.6 Å². The van der Waals surface area contributed by atoms with Crippen molar-refractivity contribution in [2.75, 3.05) is 11.9 Å². The maximum atomic E-state index is 9.32. The summed E-state index contributed by atoms with van der Waals surface area (Å²) in [6, 6.07) is 1.96. The van der Waals surface area contributed by atoms with Crippen molar-refractivity contribution >= 4 is 5.82 Å². The number of aliphatic hydroxyl groups is 1. The van der Waals surface area contributed by atoms with E-state index in [1.54, 1.807) is 19.0 Å². The first-order valence-corrected chi connectivity index (χ1v) is 6.37. The molecule has 0 radical (unpaired) electrons. The Balaban J connectivity index is 1.54. The molecule has 0 aliphatic heterocycles. The first-order valence-electron chi connectivity index (χ1n) is 6.37. The molecular formula is C12H16N6O. The van der Waals surface area contributed by atoms with Crippen molar-refractivity contribution in [3.8, 4) is 0 Å². The lowest BCUT2D eigenvalue weighted by Gasteiger charge is -2.30. The SMILES string of the molecule is OC1CC(c2cc(NCCn3cnnc3)ncn2)C1. The third kappa shape index (κ3) is 2.87. The summed E-state index contributed by atoms with van der Waals surface area (Å²) in [6.07, 6.45) is 6.38. The van der Waals surface area contributed by atoms with Gasteiger partial charge in [0.2, 0.25) is 0 Å². The third-order valence-corrected chi connectivity index (χ3v) is 3.36. The van der Waals surface area contributed by atoms with Gasteiger partial charge in [0.15, 0.2) is 0 Å². The monoisotopic (exact) mass is 260 g/mol. The molecule has 0 unspecified atom stereocenters. The maximum Gasteiger partial charge on any atom is 0.129 e. The zero-order chi connectivity index (χ0) is 13.1. The summed E-state index contributed by atoms with van der Waals surface area (Å²) >= 11 is 0. The van der Waals surface area contributed by atoms with Crippen LogP contribution >= 0.6 is 0 Å². The van der Waals surface area contributed by atoms with E-state index in [2.05, 4.69) is 25.5 Å². The molecule has 2 heterocycles. The Morgan fingerprint density at radius 1 is 1.26 bits per heavy atom. The highest BCUT2D eigenvalue weighted by Crippen LogP contribution is 2.35. The highest BCUT2D eigenvalue weighted by molar-refractivity contribution is 5.36. The topological polar surface area (TPSA) is 88.8 Å². The molecule has 1 aliphatic rings. The molecule has 2 N–H and O–H groups in total. The maximum absolute atomic E-state index is 9.32. The van der Waals surface area contributed by atoms with Gasteiger partial charge in [-0.25, -0.2) is 9.97 Å². The normalized spacial score (nSPS) is 21.9. The molecule has 0 spiro atoms. The van der Waals surface area contributed by atoms with Gasteiger partial charge in [-0.15, -0.1) is 10.2 Å². The molecule has 1 saturated carbocycles. The fourth-order valence-electron chi connectivity index (χ4n) is 2.17. The lowest BCUT2D eigenvalue weighted by Crippen LogP contribution is -2.27. The van der Waals surface area contributed by atoms with Crippen LogP contribution in [-0.4, -0.2) is 42.5 Å². The van der Waals surface area contributed by atoms with Gasteiger partial charge in [0.05, 0.1) is 6.10 Å². The Hall–Kier alpha value is -2.02. The summed E-state index contributed by atoms with van der Waals surface area (Å²) in [5.41, 5.74) is 1.01. The first-order chi connectivity index (χ1) is 9.31. The van der Waals surface area contributed by atoms with Crippen LogP contribution in [-0.2, 0) is 6.54 Å². The lowest BCUT2D eigenvalue weighted by atomic mass is 9.80. The van der Waals surface area contributed by atoms with Crippen LogP contribution in [0, 0.1) is 0 Å². The minimum absolute atomic E-state index is 0.162. The second-order valence-electron chi connectivity index (χ2n) is 4.78. The van der Waals surface area contributed by atoms with E-state index in [-0.39, 0.29) is 6.10 Å². The number of nitrogens with zero attached hydrogens (tertiary/aromatic N) is 5. The Labute approximate surface area is 110 Å². The number of aromatic nitrogens is 5. The van der Waals surface area contributed by atoms with E-state index in [9.17, 15) is 5.11 Å². The van der Waals surface area contributed by atoms with E-state index in [0.717, 1.165) is 37.4 Å². The third-order valence-electron chi connectivity index (χ3n) is 3.36. The number of hydrogen-bond donors (Lipinski definition) is 2. The van der Waals surface area contributed by atoms with Crippen LogP contribution in [0.4, 0.5) is 5.82 Å². The van der Waals surface area contributed by atoms with Crippen LogP contribution in [0.15, 0.2) is 25.0 Å². The van der Waals surface area contributed by atoms with E-state index in [0.29, 0.717) is 5.92 Å². The number of hydrogen-bond acceptors (Lipinski definition) is 6. The van der Waals surface area contributed by atoms with Crippen molar-refractivity contribution in [2.45, 2.75) is 31.4 Å². The molecule has 0 atom stereocenters. The number of rotatable bonds is 5. The summed E-state index contributed by atoms with van der Waals surface area (Å²) in [7, 11) is 0. The Morgan fingerprint density at radius 2 is 2.05 bits per heavy atom. The van der Waals surface area contributed by atoms with Crippen LogP contribution in [0.25, 0.3) is 0 Å². The second-order valence-corrected chi connectivity index (χ2v) is 4.78. The van der Waals surface area contributed by atoms with E-state index < -0.39 is 0 Å². The molecule has 1 fully saturated rings. The van der Waals surface area contributed by atoms with Crippen molar-refractivity contribution in [3.63, 3.8) is 0 Å². The molecule has 19 heavy (non-hydrogen) atoms. The van der Waals surface area contributed by atoms with Crippen LogP contribution in [0.1, 0.15) is 24.5 Å². The molecule has 0 aromatic carbocycles. The van der Waals surface area contributed by atoms with Gasteiger partial charge in [-0.1, -0.05) is 0 Å². The fraction of sp³-hybridized carbons (Fsp3) is 0.500. The molecule has 2 aromatic rings. The Bertz CT molecular complexity index is 523. The summed E-state index contributed by atoms with van der Waals surface area (Å²) in [5.74, 6) is 1.19. The van der Waals surface area contributed by atoms with Gasteiger partial charge in [-0.05, 0) is 12.8 Å². The van der Waals surface area contributed by atoms with Crippen LogP contribution < -0.4 is 5.32 Å². The zero-order valence-electron chi connectivity index (χ0n) is 10.5. The van der Waals surface area contributed by atoms with Gasteiger partial charge in [0, 0.05) is 30.8 Å².